The van der Waals surface area contributed by atoms with Crippen LogP contribution in [0.25, 0.3) is 0 Å². The summed E-state index contributed by atoms with van der Waals surface area (Å²) in [7, 11) is 0. The summed E-state index contributed by atoms with van der Waals surface area (Å²) in [5.74, 6) is 0. The van der Waals surface area contributed by atoms with Crippen LogP contribution in [-0.4, -0.2) is 22.7 Å². The van der Waals surface area contributed by atoms with Crippen LogP contribution in [0.15, 0.2) is 0 Å². The Hall–Kier alpha value is -1.24. The Labute approximate surface area is 84.8 Å². The third-order valence-corrected chi connectivity index (χ3v) is 2.01. The molecular weight excluding hydrogens is 211 g/mol. The van der Waals surface area contributed by atoms with E-state index in [0.717, 1.165) is 0 Å². The highest BCUT2D eigenvalue weighted by Gasteiger charge is 2.28. The normalized spacial score (nSPS) is 12.1. The zero-order chi connectivity index (χ0) is 11.6. The minimum atomic E-state index is -4.60. The van der Waals surface area contributed by atoms with Gasteiger partial charge in [-0.25, -0.2) is 0 Å². The molecule has 2 N–H and O–H groups in total. The van der Waals surface area contributed by atoms with Crippen molar-refractivity contribution in [2.45, 2.75) is 26.8 Å². The first-order valence-corrected chi connectivity index (χ1v) is 4.31. The van der Waals surface area contributed by atoms with E-state index in [4.69, 9.17) is 5.73 Å². The Balaban J connectivity index is 2.55. The zero-order valence-electron chi connectivity index (χ0n) is 8.43. The van der Waals surface area contributed by atoms with Crippen molar-refractivity contribution in [3.8, 4) is 0 Å². The summed E-state index contributed by atoms with van der Waals surface area (Å²) < 4.78 is 40.0. The highest BCUT2D eigenvalue weighted by atomic mass is 19.4. The van der Waals surface area contributed by atoms with Crippen molar-refractivity contribution in [3.63, 3.8) is 0 Å². The van der Waals surface area contributed by atoms with E-state index >= 15 is 0 Å². The van der Waals surface area contributed by atoms with Gasteiger partial charge in [0.25, 0.3) is 0 Å². The largest absolute Gasteiger partial charge is 0.522 e. The number of aromatic nitrogens is 2. The summed E-state index contributed by atoms with van der Waals surface area (Å²) >= 11 is 0. The van der Waals surface area contributed by atoms with Crippen LogP contribution in [0.2, 0.25) is 0 Å². The molecule has 0 aliphatic carbocycles. The van der Waals surface area contributed by atoms with E-state index in [-0.39, 0.29) is 6.54 Å². The summed E-state index contributed by atoms with van der Waals surface area (Å²) in [5.41, 5.74) is 7.38. The molecule has 15 heavy (non-hydrogen) atoms. The molecule has 86 valence electrons. The van der Waals surface area contributed by atoms with Gasteiger partial charge in [-0.05, 0) is 13.8 Å². The first kappa shape index (κ1) is 11.8. The third kappa shape index (κ3) is 3.12. The van der Waals surface area contributed by atoms with Crippen LogP contribution >= 0.6 is 0 Å². The number of rotatable bonds is 3. The van der Waals surface area contributed by atoms with Gasteiger partial charge in [0.1, 0.15) is 0 Å². The Bertz CT molecular complexity index is 346. The molecule has 0 atom stereocenters. The summed E-state index contributed by atoms with van der Waals surface area (Å²) in [4.78, 5) is 0. The number of hydrogen-bond donors (Lipinski definition) is 1. The fraction of sp³-hybridized carbons (Fsp3) is 0.625. The van der Waals surface area contributed by atoms with E-state index in [1.165, 1.54) is 4.68 Å². The predicted molar refractivity (Wildman–Crippen MR) is 48.1 cm³/mol. The van der Waals surface area contributed by atoms with Gasteiger partial charge >= 0.3 is 6.36 Å². The molecule has 1 aromatic heterocycles. The molecule has 1 aromatic rings. The maximum Gasteiger partial charge on any atom is 0.522 e. The average Bonchev–Trinajstić information content (AvgIpc) is 2.32. The molecule has 0 spiro atoms. The Morgan fingerprint density at radius 2 is 2.00 bits per heavy atom. The molecule has 4 nitrogen and oxygen atoms in total. The number of aryl methyl sites for hydroxylation is 1. The lowest BCUT2D eigenvalue weighted by atomic mass is 10.3. The molecule has 0 saturated heterocycles. The molecular formula is C8H12F3N3O. The van der Waals surface area contributed by atoms with E-state index in [9.17, 15) is 13.2 Å². The lowest BCUT2D eigenvalue weighted by Gasteiger charge is -2.08. The van der Waals surface area contributed by atoms with E-state index < -0.39 is 13.0 Å². The molecule has 0 amide bonds. The van der Waals surface area contributed by atoms with Crippen LogP contribution in [0, 0.1) is 13.8 Å². The maximum absolute atomic E-state index is 11.7. The fourth-order valence-corrected chi connectivity index (χ4v) is 1.18. The van der Waals surface area contributed by atoms with Gasteiger partial charge in [0.2, 0.25) is 0 Å². The summed E-state index contributed by atoms with van der Waals surface area (Å²) in [6.45, 7) is 2.96. The molecule has 0 fully saturated rings. The van der Waals surface area contributed by atoms with Crippen molar-refractivity contribution >= 4 is 5.69 Å². The molecule has 0 aromatic carbocycles. The van der Waals surface area contributed by atoms with Gasteiger partial charge in [-0.15, -0.1) is 13.2 Å². The van der Waals surface area contributed by atoms with Crippen molar-refractivity contribution in [2.24, 2.45) is 0 Å². The minimum absolute atomic E-state index is 0.0311. The SMILES string of the molecule is Cc1nn(CCOC(F)(F)F)c(C)c1N. The molecule has 0 radical (unpaired) electrons. The first-order valence-electron chi connectivity index (χ1n) is 4.31. The number of anilines is 1. The molecule has 0 aliphatic rings. The summed E-state index contributed by atoms with van der Waals surface area (Å²) in [5, 5.41) is 3.97. The predicted octanol–water partition coefficient (Wildman–Crippen LogP) is 1.62. The Morgan fingerprint density at radius 1 is 1.40 bits per heavy atom. The molecule has 0 bridgehead atoms. The lowest BCUT2D eigenvalue weighted by Crippen LogP contribution is -2.18. The van der Waals surface area contributed by atoms with Gasteiger partial charge in [-0.1, -0.05) is 0 Å². The van der Waals surface area contributed by atoms with Crippen LogP contribution in [-0.2, 0) is 11.3 Å². The van der Waals surface area contributed by atoms with Gasteiger partial charge in [0.05, 0.1) is 30.2 Å². The number of hydrogen-bond acceptors (Lipinski definition) is 3. The second-order valence-corrected chi connectivity index (χ2v) is 3.10. The lowest BCUT2D eigenvalue weighted by molar-refractivity contribution is -0.325. The van der Waals surface area contributed by atoms with Crippen LogP contribution in [0.1, 0.15) is 11.4 Å². The quantitative estimate of drug-likeness (QED) is 0.847. The van der Waals surface area contributed by atoms with Crippen LogP contribution in [0.3, 0.4) is 0 Å². The second-order valence-electron chi connectivity index (χ2n) is 3.10. The second kappa shape index (κ2) is 4.09. The van der Waals surface area contributed by atoms with Gasteiger partial charge in [0.15, 0.2) is 0 Å². The molecule has 0 unspecified atom stereocenters. The van der Waals surface area contributed by atoms with Gasteiger partial charge in [0, 0.05) is 0 Å². The summed E-state index contributed by atoms with van der Waals surface area (Å²) in [6.07, 6.45) is -4.60. The topological polar surface area (TPSA) is 53.1 Å². The van der Waals surface area contributed by atoms with Crippen LogP contribution < -0.4 is 5.73 Å². The number of ether oxygens (including phenoxy) is 1. The number of nitrogen functional groups attached to an aromatic ring is 1. The van der Waals surface area contributed by atoms with E-state index in [2.05, 4.69) is 9.84 Å². The highest BCUT2D eigenvalue weighted by molar-refractivity contribution is 5.46. The van der Waals surface area contributed by atoms with Crippen LogP contribution in [0.5, 0.6) is 0 Å². The third-order valence-electron chi connectivity index (χ3n) is 2.01. The minimum Gasteiger partial charge on any atom is -0.396 e. The monoisotopic (exact) mass is 223 g/mol. The van der Waals surface area contributed by atoms with E-state index in [1.807, 2.05) is 0 Å². The molecule has 0 aliphatic heterocycles. The van der Waals surface area contributed by atoms with Gasteiger partial charge < -0.3 is 5.73 Å². The first-order chi connectivity index (χ1) is 6.81. The smallest absolute Gasteiger partial charge is 0.396 e. The zero-order valence-corrected chi connectivity index (χ0v) is 8.43. The van der Waals surface area contributed by atoms with E-state index in [0.29, 0.717) is 17.1 Å². The Kier molecular flexibility index (Phi) is 3.23. The van der Waals surface area contributed by atoms with Gasteiger partial charge in [-0.3, -0.25) is 9.42 Å². The Morgan fingerprint density at radius 3 is 2.40 bits per heavy atom. The molecule has 1 rings (SSSR count). The van der Waals surface area contributed by atoms with Crippen molar-refractivity contribution in [1.82, 2.24) is 9.78 Å². The molecule has 7 heteroatoms. The summed E-state index contributed by atoms with van der Waals surface area (Å²) in [6, 6.07) is 0. The average molecular weight is 223 g/mol. The highest BCUT2D eigenvalue weighted by Crippen LogP contribution is 2.17. The number of alkyl halides is 3. The molecule has 0 saturated carbocycles. The van der Waals surface area contributed by atoms with Crippen molar-refractivity contribution < 1.29 is 17.9 Å². The van der Waals surface area contributed by atoms with E-state index in [1.54, 1.807) is 13.8 Å². The van der Waals surface area contributed by atoms with Gasteiger partial charge in [-0.2, -0.15) is 5.10 Å². The molecule has 1 heterocycles. The number of halogens is 3. The van der Waals surface area contributed by atoms with Crippen molar-refractivity contribution in [1.29, 1.82) is 0 Å². The van der Waals surface area contributed by atoms with Crippen molar-refractivity contribution in [3.05, 3.63) is 11.4 Å². The number of nitrogens with two attached hydrogens (primary N) is 1. The number of nitrogens with zero attached hydrogens (tertiary/aromatic N) is 2. The fourth-order valence-electron chi connectivity index (χ4n) is 1.18. The van der Waals surface area contributed by atoms with Crippen molar-refractivity contribution in [2.75, 3.05) is 12.3 Å². The van der Waals surface area contributed by atoms with Crippen LogP contribution in [0.4, 0.5) is 18.9 Å². The maximum atomic E-state index is 11.7. The standard InChI is InChI=1S/C8H12F3N3O/c1-5-7(12)6(2)14(13-5)3-4-15-8(9,10)11/h3-4,12H2,1-2H3.